The monoisotopic (exact) mass is 711 g/mol. The first-order valence-corrected chi connectivity index (χ1v) is 19.0. The van der Waals surface area contributed by atoms with Crippen LogP contribution in [0.4, 0.5) is 0 Å². The molecule has 0 N–H and O–H groups in total. The lowest BCUT2D eigenvalue weighted by molar-refractivity contribution is 1.08. The van der Waals surface area contributed by atoms with E-state index in [9.17, 15) is 0 Å². The largest absolute Gasteiger partial charge is 0.208 e. The number of fused-ring (bicyclic) bond motifs is 6. The molecule has 0 amide bonds. The van der Waals surface area contributed by atoms with E-state index < -0.39 is 0 Å². The van der Waals surface area contributed by atoms with Gasteiger partial charge in [0.25, 0.3) is 0 Å². The fourth-order valence-corrected chi connectivity index (χ4v) is 8.44. The van der Waals surface area contributed by atoms with Gasteiger partial charge in [0.1, 0.15) is 0 Å². The van der Waals surface area contributed by atoms with Crippen LogP contribution < -0.4 is 0 Å². The molecule has 11 rings (SSSR count). The third-order valence-corrected chi connectivity index (χ3v) is 11.1. The van der Waals surface area contributed by atoms with Gasteiger partial charge >= 0.3 is 0 Å². The van der Waals surface area contributed by atoms with Crippen LogP contribution in [-0.2, 0) is 0 Å². The first-order chi connectivity index (χ1) is 27.8. The van der Waals surface area contributed by atoms with E-state index in [2.05, 4.69) is 182 Å². The highest BCUT2D eigenvalue weighted by atomic mass is 15.0. The second-order valence-electron chi connectivity index (χ2n) is 14.3. The summed E-state index contributed by atoms with van der Waals surface area (Å²) < 4.78 is 0. The summed E-state index contributed by atoms with van der Waals surface area (Å²) in [7, 11) is 0. The molecular formula is C53H33N3. The van der Waals surface area contributed by atoms with Crippen molar-refractivity contribution < 1.29 is 0 Å². The van der Waals surface area contributed by atoms with E-state index in [0.717, 1.165) is 38.6 Å². The second-order valence-corrected chi connectivity index (χ2v) is 14.3. The maximum atomic E-state index is 5.31. The Balaban J connectivity index is 1.15. The van der Waals surface area contributed by atoms with Crippen molar-refractivity contribution in [2.24, 2.45) is 0 Å². The molecule has 0 bridgehead atoms. The Morgan fingerprint density at radius 1 is 0.232 bits per heavy atom. The smallest absolute Gasteiger partial charge is 0.164 e. The van der Waals surface area contributed by atoms with Crippen molar-refractivity contribution >= 4 is 53.9 Å². The zero-order valence-corrected chi connectivity index (χ0v) is 30.4. The molecule has 0 atom stereocenters. The fraction of sp³-hybridized carbons (Fsp3) is 0. The van der Waals surface area contributed by atoms with Crippen LogP contribution in [0.5, 0.6) is 0 Å². The zero-order valence-electron chi connectivity index (χ0n) is 30.4. The lowest BCUT2D eigenvalue weighted by Gasteiger charge is -2.17. The normalized spacial score (nSPS) is 11.6. The van der Waals surface area contributed by atoms with E-state index in [1.165, 1.54) is 54.2 Å². The molecule has 1 aromatic heterocycles. The van der Waals surface area contributed by atoms with Crippen LogP contribution in [0, 0.1) is 0 Å². The van der Waals surface area contributed by atoms with Gasteiger partial charge in [-0.15, -0.1) is 0 Å². The molecule has 0 fully saturated rings. The standard InChI is InChI=1S/C53H33N3/c1-2-16-36(17-3-1)51-54-52(47-25-13-10-21-41(47)39-27-26-34-14-4-5-18-37(34)32-39)56-53(55-51)48-31-30-45(43-23-11-12-24-44(43)48)50-42-22-9-7-19-38(42)33-49-40-20-8-6-15-35(40)28-29-46(49)50/h1-33H. The van der Waals surface area contributed by atoms with Gasteiger partial charge in [0.2, 0.25) is 0 Å². The molecule has 0 radical (unpaired) electrons. The molecule has 0 saturated carbocycles. The van der Waals surface area contributed by atoms with Gasteiger partial charge < -0.3 is 0 Å². The Labute approximate surface area is 324 Å². The average Bonchev–Trinajstić information content (AvgIpc) is 3.28. The lowest BCUT2D eigenvalue weighted by Crippen LogP contribution is -2.01. The summed E-state index contributed by atoms with van der Waals surface area (Å²) in [6.07, 6.45) is 0. The van der Waals surface area contributed by atoms with Gasteiger partial charge in [0.05, 0.1) is 0 Å². The van der Waals surface area contributed by atoms with Gasteiger partial charge in [-0.2, -0.15) is 0 Å². The van der Waals surface area contributed by atoms with Crippen LogP contribution in [0.1, 0.15) is 0 Å². The van der Waals surface area contributed by atoms with E-state index >= 15 is 0 Å². The third kappa shape index (κ3) is 5.32. The molecular weight excluding hydrogens is 679 g/mol. The van der Waals surface area contributed by atoms with Gasteiger partial charge in [-0.1, -0.05) is 182 Å². The lowest BCUT2D eigenvalue weighted by atomic mass is 9.87. The van der Waals surface area contributed by atoms with Crippen LogP contribution in [0.25, 0.3) is 110 Å². The number of rotatable bonds is 5. The summed E-state index contributed by atoms with van der Waals surface area (Å²) in [5, 5.41) is 12.1. The molecule has 260 valence electrons. The number of benzene rings is 10. The number of hydrogen-bond donors (Lipinski definition) is 0. The van der Waals surface area contributed by atoms with Crippen molar-refractivity contribution in [3.05, 3.63) is 200 Å². The molecule has 0 aliphatic rings. The summed E-state index contributed by atoms with van der Waals surface area (Å²) in [4.78, 5) is 15.7. The first-order valence-electron chi connectivity index (χ1n) is 19.0. The van der Waals surface area contributed by atoms with Crippen LogP contribution >= 0.6 is 0 Å². The fourth-order valence-electron chi connectivity index (χ4n) is 8.44. The van der Waals surface area contributed by atoms with E-state index in [4.69, 9.17) is 15.0 Å². The molecule has 0 saturated heterocycles. The molecule has 0 aliphatic carbocycles. The number of aromatic nitrogens is 3. The topological polar surface area (TPSA) is 38.7 Å². The summed E-state index contributed by atoms with van der Waals surface area (Å²) >= 11 is 0. The van der Waals surface area contributed by atoms with Crippen molar-refractivity contribution in [2.45, 2.75) is 0 Å². The van der Waals surface area contributed by atoms with Crippen molar-refractivity contribution in [1.29, 1.82) is 0 Å². The molecule has 1 heterocycles. The van der Waals surface area contributed by atoms with Crippen molar-refractivity contribution in [3.63, 3.8) is 0 Å². The summed E-state index contributed by atoms with van der Waals surface area (Å²) in [5.41, 5.74) is 7.47. The SMILES string of the molecule is c1ccc(-c2nc(-c3ccccc3-c3ccc4ccccc4c3)nc(-c3ccc(-c4c5ccccc5cc5c4ccc4ccccc45)c4ccccc34)n2)cc1. The van der Waals surface area contributed by atoms with Gasteiger partial charge in [0.15, 0.2) is 17.5 Å². The van der Waals surface area contributed by atoms with Gasteiger partial charge in [-0.25, -0.2) is 15.0 Å². The minimum atomic E-state index is 0.637. The Bertz CT molecular complexity index is 3310. The Hall–Kier alpha value is -7.49. The molecule has 3 nitrogen and oxygen atoms in total. The third-order valence-electron chi connectivity index (χ3n) is 11.1. The summed E-state index contributed by atoms with van der Waals surface area (Å²) in [6.45, 7) is 0. The highest BCUT2D eigenvalue weighted by molar-refractivity contribution is 6.23. The molecule has 11 aromatic rings. The minimum absolute atomic E-state index is 0.637. The van der Waals surface area contributed by atoms with E-state index in [1.54, 1.807) is 0 Å². The van der Waals surface area contributed by atoms with Crippen molar-refractivity contribution in [2.75, 3.05) is 0 Å². The van der Waals surface area contributed by atoms with Crippen molar-refractivity contribution in [1.82, 2.24) is 15.0 Å². The molecule has 0 aliphatic heterocycles. The van der Waals surface area contributed by atoms with Gasteiger partial charge in [-0.05, 0) is 94.3 Å². The highest BCUT2D eigenvalue weighted by Gasteiger charge is 2.20. The molecule has 56 heavy (non-hydrogen) atoms. The Morgan fingerprint density at radius 2 is 0.786 bits per heavy atom. The average molecular weight is 712 g/mol. The molecule has 0 unspecified atom stereocenters. The van der Waals surface area contributed by atoms with Crippen LogP contribution in [-0.4, -0.2) is 15.0 Å². The molecule has 10 aromatic carbocycles. The highest BCUT2D eigenvalue weighted by Crippen LogP contribution is 2.44. The van der Waals surface area contributed by atoms with E-state index in [1.807, 2.05) is 18.2 Å². The molecule has 3 heteroatoms. The summed E-state index contributed by atoms with van der Waals surface area (Å²) in [5.74, 6) is 1.91. The molecule has 0 spiro atoms. The van der Waals surface area contributed by atoms with E-state index in [-0.39, 0.29) is 0 Å². The predicted octanol–water partition coefficient (Wildman–Crippen LogP) is 14.0. The van der Waals surface area contributed by atoms with Gasteiger partial charge in [-0.3, -0.25) is 0 Å². The quantitative estimate of drug-likeness (QED) is 0.132. The number of nitrogens with zero attached hydrogens (tertiary/aromatic N) is 3. The maximum absolute atomic E-state index is 5.31. The van der Waals surface area contributed by atoms with Crippen LogP contribution in [0.15, 0.2) is 200 Å². The second kappa shape index (κ2) is 13.1. The minimum Gasteiger partial charge on any atom is -0.208 e. The van der Waals surface area contributed by atoms with E-state index in [0.29, 0.717) is 17.5 Å². The van der Waals surface area contributed by atoms with Crippen LogP contribution in [0.2, 0.25) is 0 Å². The maximum Gasteiger partial charge on any atom is 0.164 e. The first kappa shape index (κ1) is 32.0. The Kier molecular flexibility index (Phi) is 7.49. The van der Waals surface area contributed by atoms with Crippen LogP contribution in [0.3, 0.4) is 0 Å². The number of hydrogen-bond acceptors (Lipinski definition) is 3. The summed E-state index contributed by atoms with van der Waals surface area (Å²) in [6, 6.07) is 71.2. The predicted molar refractivity (Wildman–Crippen MR) is 235 cm³/mol. The zero-order chi connectivity index (χ0) is 37.0. The van der Waals surface area contributed by atoms with Crippen molar-refractivity contribution in [3.8, 4) is 56.4 Å². The Morgan fingerprint density at radius 3 is 1.59 bits per heavy atom. The van der Waals surface area contributed by atoms with Gasteiger partial charge in [0, 0.05) is 16.7 Å².